The lowest BCUT2D eigenvalue weighted by molar-refractivity contribution is -0.126. The van der Waals surface area contributed by atoms with Gasteiger partial charge in [-0.25, -0.2) is 0 Å². The summed E-state index contributed by atoms with van der Waals surface area (Å²) in [6.07, 6.45) is 2.00. The molecule has 144 valence electrons. The molecular weight excluding hydrogens is 399 g/mol. The predicted molar refractivity (Wildman–Crippen MR) is 115 cm³/mol. The molecule has 0 bridgehead atoms. The van der Waals surface area contributed by atoms with E-state index in [2.05, 4.69) is 16.3 Å². The molecular formula is C21H24Cl2N2OS. The smallest absolute Gasteiger partial charge is 0.224 e. The Balaban J connectivity index is 1.41. The maximum atomic E-state index is 12.5. The van der Waals surface area contributed by atoms with Crippen molar-refractivity contribution in [2.45, 2.75) is 24.3 Å². The minimum Gasteiger partial charge on any atom is -0.355 e. The quantitative estimate of drug-likeness (QED) is 0.496. The van der Waals surface area contributed by atoms with Gasteiger partial charge in [0.2, 0.25) is 5.91 Å². The highest BCUT2D eigenvalue weighted by atomic mass is 35.5. The van der Waals surface area contributed by atoms with Gasteiger partial charge in [-0.1, -0.05) is 41.4 Å². The number of carbonyl (C=O) groups is 1. The summed E-state index contributed by atoms with van der Waals surface area (Å²) in [5.41, 5.74) is 1.12. The number of hydrogen-bond acceptors (Lipinski definition) is 3. The van der Waals surface area contributed by atoms with Crippen LogP contribution in [0.5, 0.6) is 0 Å². The van der Waals surface area contributed by atoms with Gasteiger partial charge < -0.3 is 5.32 Å². The molecule has 3 rings (SSSR count). The lowest BCUT2D eigenvalue weighted by Gasteiger charge is -2.32. The van der Waals surface area contributed by atoms with Gasteiger partial charge in [0.15, 0.2) is 0 Å². The van der Waals surface area contributed by atoms with Crippen LogP contribution >= 0.6 is 35.0 Å². The zero-order valence-corrected chi connectivity index (χ0v) is 17.5. The van der Waals surface area contributed by atoms with E-state index in [1.807, 2.05) is 42.5 Å². The summed E-state index contributed by atoms with van der Waals surface area (Å²) in [5, 5.41) is 4.63. The van der Waals surface area contributed by atoms with Gasteiger partial charge in [-0.15, -0.1) is 11.8 Å². The molecule has 1 saturated heterocycles. The van der Waals surface area contributed by atoms with E-state index in [0.717, 1.165) is 58.7 Å². The van der Waals surface area contributed by atoms with Gasteiger partial charge in [-0.2, -0.15) is 0 Å². The van der Waals surface area contributed by atoms with Crippen molar-refractivity contribution in [1.82, 2.24) is 10.2 Å². The molecule has 2 aromatic rings. The highest BCUT2D eigenvalue weighted by Crippen LogP contribution is 2.23. The van der Waals surface area contributed by atoms with Crippen molar-refractivity contribution in [3.63, 3.8) is 0 Å². The van der Waals surface area contributed by atoms with E-state index >= 15 is 0 Å². The van der Waals surface area contributed by atoms with Crippen LogP contribution in [0.3, 0.4) is 0 Å². The predicted octanol–water partition coefficient (Wildman–Crippen LogP) is 5.11. The molecule has 1 N–H and O–H groups in total. The molecule has 2 aromatic carbocycles. The third-order valence-corrected chi connectivity index (χ3v) is 6.35. The molecule has 1 fully saturated rings. The molecule has 0 saturated carbocycles. The Kier molecular flexibility index (Phi) is 7.89. The van der Waals surface area contributed by atoms with Crippen molar-refractivity contribution in [3.05, 3.63) is 64.1 Å². The lowest BCUT2D eigenvalue weighted by atomic mass is 9.96. The second-order valence-corrected chi connectivity index (χ2v) is 8.77. The summed E-state index contributed by atoms with van der Waals surface area (Å²) < 4.78 is 0. The molecule has 0 spiro atoms. The van der Waals surface area contributed by atoms with Gasteiger partial charge in [0.05, 0.1) is 5.92 Å². The number of benzene rings is 2. The van der Waals surface area contributed by atoms with Crippen molar-refractivity contribution >= 4 is 40.9 Å². The third kappa shape index (κ3) is 6.42. The monoisotopic (exact) mass is 422 g/mol. The van der Waals surface area contributed by atoms with E-state index in [0.29, 0.717) is 6.54 Å². The van der Waals surface area contributed by atoms with E-state index in [9.17, 15) is 4.79 Å². The maximum Gasteiger partial charge on any atom is 0.224 e. The fourth-order valence-electron chi connectivity index (χ4n) is 3.30. The molecule has 1 heterocycles. The maximum absolute atomic E-state index is 12.5. The summed E-state index contributed by atoms with van der Waals surface area (Å²) in [6.45, 7) is 3.28. The largest absolute Gasteiger partial charge is 0.355 e. The second kappa shape index (κ2) is 10.4. The van der Waals surface area contributed by atoms with E-state index in [1.54, 1.807) is 11.8 Å². The molecule has 1 unspecified atom stereocenters. The van der Waals surface area contributed by atoms with Gasteiger partial charge in [0.25, 0.3) is 0 Å². The number of amides is 1. The number of rotatable bonds is 7. The van der Waals surface area contributed by atoms with Crippen molar-refractivity contribution in [1.29, 1.82) is 0 Å². The highest BCUT2D eigenvalue weighted by Gasteiger charge is 2.25. The van der Waals surface area contributed by atoms with E-state index < -0.39 is 0 Å². The Morgan fingerprint density at radius 3 is 2.70 bits per heavy atom. The van der Waals surface area contributed by atoms with Crippen LogP contribution < -0.4 is 5.32 Å². The molecule has 1 aliphatic heterocycles. The fourth-order valence-corrected chi connectivity index (χ4v) is 4.39. The van der Waals surface area contributed by atoms with Crippen LogP contribution in [0.4, 0.5) is 0 Å². The number of piperidine rings is 1. The third-order valence-electron chi connectivity index (χ3n) is 4.71. The minimum absolute atomic E-state index is 0.0572. The van der Waals surface area contributed by atoms with Crippen LogP contribution in [0, 0.1) is 5.92 Å². The Morgan fingerprint density at radius 2 is 1.93 bits per heavy atom. The average molecular weight is 423 g/mol. The molecule has 0 radical (unpaired) electrons. The number of hydrogen-bond donors (Lipinski definition) is 1. The summed E-state index contributed by atoms with van der Waals surface area (Å²) in [6, 6.07) is 15.7. The summed E-state index contributed by atoms with van der Waals surface area (Å²) >= 11 is 13.9. The second-order valence-electron chi connectivity index (χ2n) is 6.76. The molecule has 1 aliphatic rings. The fraction of sp³-hybridized carbons (Fsp3) is 0.381. The Labute approximate surface area is 175 Å². The first-order valence-corrected chi connectivity index (χ1v) is 11.0. The number of nitrogens with one attached hydrogen (secondary N) is 1. The molecule has 1 atom stereocenters. The van der Waals surface area contributed by atoms with Crippen molar-refractivity contribution in [3.8, 4) is 0 Å². The molecule has 6 heteroatoms. The molecule has 0 aromatic heterocycles. The number of likely N-dealkylation sites (tertiary alicyclic amines) is 1. The number of thioether (sulfide) groups is 1. The first-order chi connectivity index (χ1) is 13.1. The van der Waals surface area contributed by atoms with Crippen molar-refractivity contribution < 1.29 is 4.79 Å². The topological polar surface area (TPSA) is 32.3 Å². The van der Waals surface area contributed by atoms with Crippen LogP contribution in [-0.2, 0) is 11.3 Å². The Morgan fingerprint density at radius 1 is 1.15 bits per heavy atom. The van der Waals surface area contributed by atoms with E-state index in [1.165, 1.54) is 0 Å². The van der Waals surface area contributed by atoms with E-state index in [-0.39, 0.29) is 11.8 Å². The first-order valence-electron chi connectivity index (χ1n) is 9.23. The van der Waals surface area contributed by atoms with Crippen LogP contribution in [0.1, 0.15) is 18.4 Å². The number of nitrogens with zero attached hydrogens (tertiary/aromatic N) is 1. The molecule has 3 nitrogen and oxygen atoms in total. The van der Waals surface area contributed by atoms with Gasteiger partial charge >= 0.3 is 0 Å². The van der Waals surface area contributed by atoms with Gasteiger partial charge in [0.1, 0.15) is 0 Å². The highest BCUT2D eigenvalue weighted by molar-refractivity contribution is 7.99. The van der Waals surface area contributed by atoms with Crippen LogP contribution in [-0.4, -0.2) is 36.2 Å². The summed E-state index contributed by atoms with van der Waals surface area (Å²) in [5.74, 6) is 1.07. The standard InChI is InChI=1S/C21H24Cl2N2OS/c22-18-7-9-19(10-8-18)27-13-11-24-21(26)17-5-3-12-25(15-17)14-16-4-1-2-6-20(16)23/h1-2,4,6-10,17H,3,5,11-15H2,(H,24,26). The zero-order valence-electron chi connectivity index (χ0n) is 15.2. The average Bonchev–Trinajstić information content (AvgIpc) is 2.68. The number of halogens is 2. The van der Waals surface area contributed by atoms with Gasteiger partial charge in [0, 0.05) is 40.3 Å². The van der Waals surface area contributed by atoms with Gasteiger partial charge in [-0.05, 0) is 55.3 Å². The van der Waals surface area contributed by atoms with Crippen molar-refractivity contribution in [2.24, 2.45) is 5.92 Å². The summed E-state index contributed by atoms with van der Waals surface area (Å²) in [4.78, 5) is 16.0. The van der Waals surface area contributed by atoms with E-state index in [4.69, 9.17) is 23.2 Å². The SMILES string of the molecule is O=C(NCCSc1ccc(Cl)cc1)C1CCCN(Cc2ccccc2Cl)C1. The van der Waals surface area contributed by atoms with Crippen LogP contribution in [0.2, 0.25) is 10.0 Å². The van der Waals surface area contributed by atoms with Crippen LogP contribution in [0.25, 0.3) is 0 Å². The molecule has 0 aliphatic carbocycles. The first kappa shape index (κ1) is 20.5. The molecule has 1 amide bonds. The Hall–Kier alpha value is -1.20. The Bertz CT molecular complexity index is 754. The zero-order chi connectivity index (χ0) is 19.1. The lowest BCUT2D eigenvalue weighted by Crippen LogP contribution is -2.43. The molecule has 27 heavy (non-hydrogen) atoms. The van der Waals surface area contributed by atoms with Gasteiger partial charge in [-0.3, -0.25) is 9.69 Å². The van der Waals surface area contributed by atoms with Crippen molar-refractivity contribution in [2.75, 3.05) is 25.4 Å². The normalized spacial score (nSPS) is 17.6. The minimum atomic E-state index is 0.0572. The van der Waals surface area contributed by atoms with Crippen LogP contribution in [0.15, 0.2) is 53.4 Å². The number of carbonyl (C=O) groups excluding carboxylic acids is 1. The summed E-state index contributed by atoms with van der Waals surface area (Å²) in [7, 11) is 0.